The monoisotopic (exact) mass is 277 g/mol. The Bertz CT molecular complexity index is 553. The molecule has 0 unspecified atom stereocenters. The van der Waals surface area contributed by atoms with Crippen LogP contribution in [0, 0.1) is 11.6 Å². The van der Waals surface area contributed by atoms with Crippen LogP contribution in [0.15, 0.2) is 53.7 Å². The first-order valence-electron chi connectivity index (χ1n) is 6.03. The van der Waals surface area contributed by atoms with E-state index in [2.05, 4.69) is 5.16 Å². The Kier molecular flexibility index (Phi) is 5.06. The molecule has 0 radical (unpaired) electrons. The predicted octanol–water partition coefficient (Wildman–Crippen LogP) is 3.39. The zero-order valence-electron chi connectivity index (χ0n) is 10.6. The second-order valence-corrected chi connectivity index (χ2v) is 3.92. The van der Waals surface area contributed by atoms with Gasteiger partial charge >= 0.3 is 0 Å². The van der Waals surface area contributed by atoms with Gasteiger partial charge in [-0.05, 0) is 42.0 Å². The standard InChI is InChI=1S/C15H13F2NO2/c16-13-3-1-12(2-4-13)11-18-20-10-9-19-15-7-5-14(17)6-8-15/h1-8,11H,9-10H2/b18-11+. The molecule has 20 heavy (non-hydrogen) atoms. The molecule has 0 spiro atoms. The van der Waals surface area contributed by atoms with E-state index in [1.54, 1.807) is 12.1 Å². The van der Waals surface area contributed by atoms with Crippen molar-refractivity contribution in [3.05, 3.63) is 65.7 Å². The Labute approximate surface area is 115 Å². The molecule has 0 saturated carbocycles. The van der Waals surface area contributed by atoms with E-state index < -0.39 is 0 Å². The summed E-state index contributed by atoms with van der Waals surface area (Å²) in [6.07, 6.45) is 1.48. The highest BCUT2D eigenvalue weighted by molar-refractivity contribution is 5.78. The summed E-state index contributed by atoms with van der Waals surface area (Å²) < 4.78 is 30.6. The van der Waals surface area contributed by atoms with Gasteiger partial charge in [0, 0.05) is 0 Å². The number of benzene rings is 2. The topological polar surface area (TPSA) is 30.8 Å². The van der Waals surface area contributed by atoms with Gasteiger partial charge in [0.05, 0.1) is 6.21 Å². The highest BCUT2D eigenvalue weighted by Crippen LogP contribution is 2.10. The number of nitrogens with zero attached hydrogens (tertiary/aromatic N) is 1. The molecular formula is C15H13F2NO2. The smallest absolute Gasteiger partial charge is 0.151 e. The van der Waals surface area contributed by atoms with Crippen molar-refractivity contribution in [3.63, 3.8) is 0 Å². The first-order chi connectivity index (χ1) is 9.74. The quantitative estimate of drug-likeness (QED) is 0.460. The molecular weight excluding hydrogens is 264 g/mol. The summed E-state index contributed by atoms with van der Waals surface area (Å²) in [5, 5.41) is 3.73. The summed E-state index contributed by atoms with van der Waals surface area (Å²) >= 11 is 0. The van der Waals surface area contributed by atoms with E-state index in [1.165, 1.54) is 42.6 Å². The van der Waals surface area contributed by atoms with Crippen LogP contribution in [0.4, 0.5) is 8.78 Å². The second kappa shape index (κ2) is 7.23. The summed E-state index contributed by atoms with van der Waals surface area (Å²) in [7, 11) is 0. The van der Waals surface area contributed by atoms with Crippen LogP contribution in [-0.4, -0.2) is 19.4 Å². The maximum atomic E-state index is 12.6. The highest BCUT2D eigenvalue weighted by Gasteiger charge is 1.94. The average molecular weight is 277 g/mol. The Hall–Kier alpha value is -2.43. The van der Waals surface area contributed by atoms with Gasteiger partial charge in [0.25, 0.3) is 0 Å². The van der Waals surface area contributed by atoms with Crippen LogP contribution in [0.1, 0.15) is 5.56 Å². The molecule has 0 atom stereocenters. The van der Waals surface area contributed by atoms with Gasteiger partial charge < -0.3 is 9.57 Å². The molecule has 3 nitrogen and oxygen atoms in total. The number of rotatable bonds is 6. The van der Waals surface area contributed by atoms with Gasteiger partial charge in [0.2, 0.25) is 0 Å². The molecule has 0 saturated heterocycles. The van der Waals surface area contributed by atoms with Gasteiger partial charge in [0.15, 0.2) is 6.61 Å². The third-order valence-corrected chi connectivity index (χ3v) is 2.40. The average Bonchev–Trinajstić information content (AvgIpc) is 2.46. The van der Waals surface area contributed by atoms with Crippen molar-refractivity contribution in [2.24, 2.45) is 5.16 Å². The molecule has 2 aromatic carbocycles. The van der Waals surface area contributed by atoms with Crippen LogP contribution in [0.5, 0.6) is 5.75 Å². The second-order valence-electron chi connectivity index (χ2n) is 3.92. The lowest BCUT2D eigenvalue weighted by molar-refractivity contribution is 0.108. The van der Waals surface area contributed by atoms with E-state index in [1.807, 2.05) is 0 Å². The number of halogens is 2. The summed E-state index contributed by atoms with van der Waals surface area (Å²) in [5.41, 5.74) is 0.742. The SMILES string of the molecule is Fc1ccc(/C=N/OCCOc2ccc(F)cc2)cc1. The fraction of sp³-hybridized carbons (Fsp3) is 0.133. The van der Waals surface area contributed by atoms with E-state index in [0.29, 0.717) is 12.4 Å². The van der Waals surface area contributed by atoms with Crippen molar-refractivity contribution in [2.75, 3.05) is 13.2 Å². The molecule has 0 aliphatic rings. The largest absolute Gasteiger partial charge is 0.490 e. The predicted molar refractivity (Wildman–Crippen MR) is 71.8 cm³/mol. The zero-order chi connectivity index (χ0) is 14.2. The molecule has 0 heterocycles. The third-order valence-electron chi connectivity index (χ3n) is 2.40. The molecule has 0 aromatic heterocycles. The molecule has 2 aromatic rings. The van der Waals surface area contributed by atoms with Crippen molar-refractivity contribution in [3.8, 4) is 5.75 Å². The van der Waals surface area contributed by atoms with Crippen molar-refractivity contribution in [1.82, 2.24) is 0 Å². The molecule has 0 amide bonds. The summed E-state index contributed by atoms with van der Waals surface area (Å²) in [5.74, 6) is -0.0363. The molecule has 0 aliphatic heterocycles. The maximum absolute atomic E-state index is 12.6. The molecule has 0 N–H and O–H groups in total. The van der Waals surface area contributed by atoms with Crippen LogP contribution in [0.3, 0.4) is 0 Å². The molecule has 2 rings (SSSR count). The molecule has 5 heteroatoms. The maximum Gasteiger partial charge on any atom is 0.151 e. The van der Waals surface area contributed by atoms with Gasteiger partial charge in [-0.15, -0.1) is 0 Å². The molecule has 104 valence electrons. The van der Waals surface area contributed by atoms with E-state index in [4.69, 9.17) is 9.57 Å². The molecule has 0 aliphatic carbocycles. The Balaban J connectivity index is 1.66. The van der Waals surface area contributed by atoms with Crippen molar-refractivity contribution in [2.45, 2.75) is 0 Å². The van der Waals surface area contributed by atoms with Gasteiger partial charge in [0.1, 0.15) is 24.0 Å². The number of oxime groups is 1. The van der Waals surface area contributed by atoms with Crippen LogP contribution in [0.25, 0.3) is 0 Å². The Morgan fingerprint density at radius 3 is 2.10 bits per heavy atom. The van der Waals surface area contributed by atoms with Gasteiger partial charge in [-0.2, -0.15) is 0 Å². The lowest BCUT2D eigenvalue weighted by Gasteiger charge is -2.04. The normalized spacial score (nSPS) is 10.7. The van der Waals surface area contributed by atoms with Crippen molar-refractivity contribution >= 4 is 6.21 Å². The fourth-order valence-corrected chi connectivity index (χ4v) is 1.43. The lowest BCUT2D eigenvalue weighted by Crippen LogP contribution is -2.04. The van der Waals surface area contributed by atoms with Crippen molar-refractivity contribution < 1.29 is 18.4 Å². The highest BCUT2D eigenvalue weighted by atomic mass is 19.1. The van der Waals surface area contributed by atoms with Crippen LogP contribution in [-0.2, 0) is 4.84 Å². The van der Waals surface area contributed by atoms with Crippen LogP contribution >= 0.6 is 0 Å². The minimum atomic E-state index is -0.308. The van der Waals surface area contributed by atoms with E-state index in [-0.39, 0.29) is 18.2 Å². The first kappa shape index (κ1) is 14.0. The first-order valence-corrected chi connectivity index (χ1v) is 6.03. The fourth-order valence-electron chi connectivity index (χ4n) is 1.43. The molecule has 0 bridgehead atoms. The zero-order valence-corrected chi connectivity index (χ0v) is 10.6. The number of ether oxygens (including phenoxy) is 1. The van der Waals surface area contributed by atoms with Gasteiger partial charge in [-0.25, -0.2) is 8.78 Å². The van der Waals surface area contributed by atoms with E-state index in [0.717, 1.165) is 5.56 Å². The van der Waals surface area contributed by atoms with Crippen molar-refractivity contribution in [1.29, 1.82) is 0 Å². The number of hydrogen-bond donors (Lipinski definition) is 0. The number of hydrogen-bond acceptors (Lipinski definition) is 3. The summed E-state index contributed by atoms with van der Waals surface area (Å²) in [6, 6.07) is 11.6. The van der Waals surface area contributed by atoms with Gasteiger partial charge in [-0.1, -0.05) is 17.3 Å². The van der Waals surface area contributed by atoms with E-state index >= 15 is 0 Å². The lowest BCUT2D eigenvalue weighted by atomic mass is 10.2. The van der Waals surface area contributed by atoms with Crippen LogP contribution < -0.4 is 4.74 Å². The van der Waals surface area contributed by atoms with Gasteiger partial charge in [-0.3, -0.25) is 0 Å². The Morgan fingerprint density at radius 1 is 0.850 bits per heavy atom. The van der Waals surface area contributed by atoms with Crippen LogP contribution in [0.2, 0.25) is 0 Å². The summed E-state index contributed by atoms with van der Waals surface area (Å²) in [6.45, 7) is 0.557. The summed E-state index contributed by atoms with van der Waals surface area (Å²) in [4.78, 5) is 4.99. The third kappa shape index (κ3) is 4.68. The Morgan fingerprint density at radius 2 is 1.45 bits per heavy atom. The minimum absolute atomic E-state index is 0.259. The minimum Gasteiger partial charge on any atom is -0.490 e. The van der Waals surface area contributed by atoms with E-state index in [9.17, 15) is 8.78 Å². The molecule has 0 fully saturated rings.